The van der Waals surface area contributed by atoms with E-state index in [1.807, 2.05) is 60.7 Å². The van der Waals surface area contributed by atoms with Crippen molar-refractivity contribution in [2.24, 2.45) is 0 Å². The number of amides is 1. The van der Waals surface area contributed by atoms with Crippen LogP contribution in [0.5, 0.6) is 0 Å². The molecule has 0 aliphatic heterocycles. The molecule has 3 nitrogen and oxygen atoms in total. The maximum Gasteiger partial charge on any atom is 0.251 e. The van der Waals surface area contributed by atoms with E-state index < -0.39 is 0 Å². The van der Waals surface area contributed by atoms with Crippen LogP contribution in [-0.2, 0) is 6.54 Å². The minimum absolute atomic E-state index is 0.0889. The lowest BCUT2D eigenvalue weighted by Gasteiger charge is -2.06. The van der Waals surface area contributed by atoms with Crippen molar-refractivity contribution in [2.45, 2.75) is 6.54 Å². The second-order valence-corrected chi connectivity index (χ2v) is 4.76. The number of nitrogens with one attached hydrogen (secondary N) is 1. The molecule has 0 radical (unpaired) electrons. The van der Waals surface area contributed by atoms with Gasteiger partial charge in [0.1, 0.15) is 0 Å². The zero-order chi connectivity index (χ0) is 14.5. The Morgan fingerprint density at radius 3 is 2.52 bits per heavy atom. The number of hydrogen-bond donors (Lipinski definition) is 1. The quantitative estimate of drug-likeness (QED) is 0.786. The molecule has 3 heteroatoms. The molecule has 2 aromatic carbocycles. The monoisotopic (exact) mass is 277 g/mol. The Kier molecular flexibility index (Phi) is 3.83. The van der Waals surface area contributed by atoms with Crippen LogP contribution in [0.4, 0.5) is 0 Å². The van der Waals surface area contributed by atoms with Gasteiger partial charge in [-0.1, -0.05) is 42.5 Å². The van der Waals surface area contributed by atoms with E-state index >= 15 is 0 Å². The number of furan rings is 1. The smallest absolute Gasteiger partial charge is 0.251 e. The molecule has 0 saturated carbocycles. The van der Waals surface area contributed by atoms with Crippen molar-refractivity contribution >= 4 is 5.91 Å². The van der Waals surface area contributed by atoms with Crippen LogP contribution in [-0.4, -0.2) is 5.91 Å². The van der Waals surface area contributed by atoms with Gasteiger partial charge in [-0.15, -0.1) is 0 Å². The Morgan fingerprint density at radius 2 is 1.76 bits per heavy atom. The third kappa shape index (κ3) is 3.20. The van der Waals surface area contributed by atoms with E-state index in [1.54, 1.807) is 12.5 Å². The van der Waals surface area contributed by atoms with Gasteiger partial charge in [0, 0.05) is 17.7 Å². The average molecular weight is 277 g/mol. The summed E-state index contributed by atoms with van der Waals surface area (Å²) in [6.45, 7) is 0.463. The van der Waals surface area contributed by atoms with Crippen molar-refractivity contribution < 1.29 is 9.21 Å². The Morgan fingerprint density at radius 1 is 0.952 bits per heavy atom. The number of benzene rings is 2. The predicted octanol–water partition coefficient (Wildman–Crippen LogP) is 3.88. The van der Waals surface area contributed by atoms with Gasteiger partial charge in [-0.05, 0) is 29.3 Å². The highest BCUT2D eigenvalue weighted by Crippen LogP contribution is 2.20. The summed E-state index contributed by atoms with van der Waals surface area (Å²) in [5, 5.41) is 2.88. The van der Waals surface area contributed by atoms with Crippen LogP contribution in [0.2, 0.25) is 0 Å². The fourth-order valence-corrected chi connectivity index (χ4v) is 2.15. The molecule has 0 atom stereocenters. The highest BCUT2D eigenvalue weighted by molar-refractivity contribution is 5.95. The van der Waals surface area contributed by atoms with Gasteiger partial charge in [-0.25, -0.2) is 0 Å². The molecule has 1 heterocycles. The summed E-state index contributed by atoms with van der Waals surface area (Å²) in [5.41, 5.74) is 3.73. The average Bonchev–Trinajstić information content (AvgIpc) is 3.07. The minimum Gasteiger partial charge on any atom is -0.472 e. The summed E-state index contributed by atoms with van der Waals surface area (Å²) >= 11 is 0. The summed E-state index contributed by atoms with van der Waals surface area (Å²) in [6.07, 6.45) is 3.22. The number of rotatable bonds is 4. The Labute approximate surface area is 123 Å². The second kappa shape index (κ2) is 6.09. The van der Waals surface area contributed by atoms with Gasteiger partial charge in [-0.2, -0.15) is 0 Å². The van der Waals surface area contributed by atoms with E-state index in [0.29, 0.717) is 12.1 Å². The second-order valence-electron chi connectivity index (χ2n) is 4.76. The molecular weight excluding hydrogens is 262 g/mol. The normalized spacial score (nSPS) is 10.3. The Hall–Kier alpha value is -2.81. The van der Waals surface area contributed by atoms with E-state index in [1.165, 1.54) is 0 Å². The molecule has 0 unspecified atom stereocenters. The van der Waals surface area contributed by atoms with E-state index in [4.69, 9.17) is 4.42 Å². The largest absolute Gasteiger partial charge is 0.472 e. The first-order valence-electron chi connectivity index (χ1n) is 6.78. The standard InChI is InChI=1S/C18H15NO2/c20-18(19-12-14-9-10-21-13-14)17-8-4-7-16(11-17)15-5-2-1-3-6-15/h1-11,13H,12H2,(H,19,20). The maximum atomic E-state index is 12.2. The first-order valence-corrected chi connectivity index (χ1v) is 6.78. The summed E-state index contributed by atoms with van der Waals surface area (Å²) in [7, 11) is 0. The molecule has 0 bridgehead atoms. The van der Waals surface area contributed by atoms with E-state index in [9.17, 15) is 4.79 Å². The van der Waals surface area contributed by atoms with Crippen molar-refractivity contribution in [2.75, 3.05) is 0 Å². The third-order valence-corrected chi connectivity index (χ3v) is 3.27. The molecular formula is C18H15NO2. The number of carbonyl (C=O) groups excluding carboxylic acids is 1. The molecule has 1 aromatic heterocycles. The van der Waals surface area contributed by atoms with E-state index in [0.717, 1.165) is 16.7 Å². The summed E-state index contributed by atoms with van der Waals surface area (Å²) in [4.78, 5) is 12.2. The fourth-order valence-electron chi connectivity index (χ4n) is 2.15. The highest BCUT2D eigenvalue weighted by atomic mass is 16.3. The Bertz CT molecular complexity index is 718. The van der Waals surface area contributed by atoms with Gasteiger partial charge in [0.2, 0.25) is 0 Å². The SMILES string of the molecule is O=C(NCc1ccoc1)c1cccc(-c2ccccc2)c1. The first-order chi connectivity index (χ1) is 10.3. The minimum atomic E-state index is -0.0889. The van der Waals surface area contributed by atoms with Gasteiger partial charge in [-0.3, -0.25) is 4.79 Å². The molecule has 0 aliphatic carbocycles. The van der Waals surface area contributed by atoms with Crippen molar-refractivity contribution in [1.82, 2.24) is 5.32 Å². The molecule has 104 valence electrons. The lowest BCUT2D eigenvalue weighted by Crippen LogP contribution is -2.22. The molecule has 0 spiro atoms. The topological polar surface area (TPSA) is 42.2 Å². The molecule has 0 aliphatic rings. The molecule has 0 fully saturated rings. The highest BCUT2D eigenvalue weighted by Gasteiger charge is 2.07. The van der Waals surface area contributed by atoms with E-state index in [2.05, 4.69) is 5.32 Å². The van der Waals surface area contributed by atoms with Crippen molar-refractivity contribution in [3.8, 4) is 11.1 Å². The molecule has 3 aromatic rings. The lowest BCUT2D eigenvalue weighted by molar-refractivity contribution is 0.0951. The molecule has 21 heavy (non-hydrogen) atoms. The fraction of sp³-hybridized carbons (Fsp3) is 0.0556. The molecule has 1 N–H and O–H groups in total. The number of carbonyl (C=O) groups is 1. The van der Waals surface area contributed by atoms with Crippen molar-refractivity contribution in [3.05, 3.63) is 84.3 Å². The van der Waals surface area contributed by atoms with Crippen LogP contribution in [0, 0.1) is 0 Å². The molecule has 1 amide bonds. The van der Waals surface area contributed by atoms with Gasteiger partial charge in [0.05, 0.1) is 12.5 Å². The van der Waals surface area contributed by atoms with Crippen molar-refractivity contribution in [3.63, 3.8) is 0 Å². The van der Waals surface area contributed by atoms with Crippen molar-refractivity contribution in [1.29, 1.82) is 0 Å². The van der Waals surface area contributed by atoms with Crippen LogP contribution in [0.3, 0.4) is 0 Å². The predicted molar refractivity (Wildman–Crippen MR) is 81.8 cm³/mol. The zero-order valence-electron chi connectivity index (χ0n) is 11.5. The summed E-state index contributed by atoms with van der Waals surface area (Å²) < 4.78 is 4.98. The maximum absolute atomic E-state index is 12.2. The Balaban J connectivity index is 1.75. The third-order valence-electron chi connectivity index (χ3n) is 3.27. The van der Waals surface area contributed by atoms with Crippen LogP contribution in [0.15, 0.2) is 77.6 Å². The van der Waals surface area contributed by atoms with Crippen LogP contribution in [0.25, 0.3) is 11.1 Å². The van der Waals surface area contributed by atoms with Gasteiger partial charge >= 0.3 is 0 Å². The van der Waals surface area contributed by atoms with Gasteiger partial charge in [0.15, 0.2) is 0 Å². The lowest BCUT2D eigenvalue weighted by atomic mass is 10.0. The number of hydrogen-bond acceptors (Lipinski definition) is 2. The summed E-state index contributed by atoms with van der Waals surface area (Å²) in [6, 6.07) is 19.5. The summed E-state index contributed by atoms with van der Waals surface area (Å²) in [5.74, 6) is -0.0889. The van der Waals surface area contributed by atoms with Gasteiger partial charge in [0.25, 0.3) is 5.91 Å². The van der Waals surface area contributed by atoms with Gasteiger partial charge < -0.3 is 9.73 Å². The van der Waals surface area contributed by atoms with Crippen LogP contribution >= 0.6 is 0 Å². The first kappa shape index (κ1) is 13.2. The zero-order valence-corrected chi connectivity index (χ0v) is 11.5. The van der Waals surface area contributed by atoms with Crippen LogP contribution in [0.1, 0.15) is 15.9 Å². The molecule has 0 saturated heterocycles. The van der Waals surface area contributed by atoms with E-state index in [-0.39, 0.29) is 5.91 Å². The molecule has 3 rings (SSSR count). The van der Waals surface area contributed by atoms with Crippen LogP contribution < -0.4 is 5.32 Å².